The van der Waals surface area contributed by atoms with Crippen LogP contribution in [0.2, 0.25) is 0 Å². The van der Waals surface area contributed by atoms with Crippen LogP contribution in [0.5, 0.6) is 0 Å². The van der Waals surface area contributed by atoms with Crippen LogP contribution >= 0.6 is 0 Å². The number of likely N-dealkylation sites (N-methyl/N-ethyl adjacent to an activating group) is 1. The number of hydrogen-bond acceptors (Lipinski definition) is 3. The molecule has 1 aliphatic carbocycles. The third-order valence-electron chi connectivity index (χ3n) is 4.48. The van der Waals surface area contributed by atoms with E-state index < -0.39 is 0 Å². The van der Waals surface area contributed by atoms with E-state index in [1.54, 1.807) is 0 Å². The summed E-state index contributed by atoms with van der Waals surface area (Å²) < 4.78 is 0. The lowest BCUT2D eigenvalue weighted by molar-refractivity contribution is -0.127. The molecule has 1 aliphatic rings. The summed E-state index contributed by atoms with van der Waals surface area (Å²) in [5, 5.41) is 10.0. The van der Waals surface area contributed by atoms with Gasteiger partial charge in [-0.2, -0.15) is 5.10 Å². The Bertz CT molecular complexity index is 412. The minimum atomic E-state index is -0.0289. The highest BCUT2D eigenvalue weighted by Gasteiger charge is 2.24. The first-order chi connectivity index (χ1) is 10.2. The summed E-state index contributed by atoms with van der Waals surface area (Å²) in [6, 6.07) is 0.362. The van der Waals surface area contributed by atoms with Gasteiger partial charge < -0.3 is 5.32 Å². The van der Waals surface area contributed by atoms with Crippen LogP contribution in [0.1, 0.15) is 51.0 Å². The molecule has 1 fully saturated rings. The van der Waals surface area contributed by atoms with Gasteiger partial charge in [-0.05, 0) is 38.3 Å². The van der Waals surface area contributed by atoms with Crippen molar-refractivity contribution in [2.24, 2.45) is 0 Å². The van der Waals surface area contributed by atoms with Crippen LogP contribution in [0.3, 0.4) is 0 Å². The fraction of sp³-hybridized carbons (Fsp3) is 0.750. The van der Waals surface area contributed by atoms with Crippen molar-refractivity contribution in [1.82, 2.24) is 20.4 Å². The lowest BCUT2D eigenvalue weighted by Crippen LogP contribution is -2.49. The molecule has 1 heterocycles. The fourth-order valence-electron chi connectivity index (χ4n) is 3.12. The second-order valence-electron chi connectivity index (χ2n) is 6.10. The molecule has 1 atom stereocenters. The maximum atomic E-state index is 12.5. The van der Waals surface area contributed by atoms with E-state index in [0.717, 1.165) is 32.2 Å². The van der Waals surface area contributed by atoms with Gasteiger partial charge in [0.2, 0.25) is 5.91 Å². The lowest BCUT2D eigenvalue weighted by Gasteiger charge is -2.29. The maximum Gasteiger partial charge on any atom is 0.237 e. The molecule has 1 unspecified atom stereocenters. The number of carbonyl (C=O) groups is 1. The normalized spacial score (nSPS) is 17.9. The first kappa shape index (κ1) is 16.0. The van der Waals surface area contributed by atoms with Crippen LogP contribution in [-0.2, 0) is 11.2 Å². The summed E-state index contributed by atoms with van der Waals surface area (Å²) in [6.07, 6.45) is 11.6. The predicted molar refractivity (Wildman–Crippen MR) is 84.0 cm³/mol. The van der Waals surface area contributed by atoms with E-state index in [4.69, 9.17) is 0 Å². The third-order valence-corrected chi connectivity index (χ3v) is 4.48. The molecular formula is C16H28N4O. The number of aromatic amines is 1. The van der Waals surface area contributed by atoms with Crippen LogP contribution in [0.15, 0.2) is 12.4 Å². The van der Waals surface area contributed by atoms with E-state index in [2.05, 4.69) is 27.3 Å². The fourth-order valence-corrected chi connectivity index (χ4v) is 3.12. The Kier molecular flexibility index (Phi) is 6.23. The average molecular weight is 292 g/mol. The molecule has 1 amide bonds. The molecule has 2 rings (SSSR count). The maximum absolute atomic E-state index is 12.5. The molecule has 0 bridgehead atoms. The average Bonchev–Trinajstić information content (AvgIpc) is 3.00. The zero-order valence-corrected chi connectivity index (χ0v) is 13.3. The largest absolute Gasteiger partial charge is 0.352 e. The second-order valence-corrected chi connectivity index (χ2v) is 6.10. The first-order valence-electron chi connectivity index (χ1n) is 8.19. The van der Waals surface area contributed by atoms with Crippen molar-refractivity contribution < 1.29 is 4.79 Å². The molecular weight excluding hydrogens is 264 g/mol. The van der Waals surface area contributed by atoms with Crippen molar-refractivity contribution in [3.63, 3.8) is 0 Å². The monoisotopic (exact) mass is 292 g/mol. The molecule has 0 saturated heterocycles. The van der Waals surface area contributed by atoms with Gasteiger partial charge in [0, 0.05) is 18.8 Å². The van der Waals surface area contributed by atoms with Crippen molar-refractivity contribution in [2.75, 3.05) is 13.6 Å². The number of nitrogens with one attached hydrogen (secondary N) is 2. The van der Waals surface area contributed by atoms with Crippen LogP contribution in [0.25, 0.3) is 0 Å². The van der Waals surface area contributed by atoms with E-state index in [-0.39, 0.29) is 11.9 Å². The quantitative estimate of drug-likeness (QED) is 0.809. The molecule has 1 aromatic rings. The summed E-state index contributed by atoms with van der Waals surface area (Å²) in [5.74, 6) is 0.194. The van der Waals surface area contributed by atoms with Gasteiger partial charge in [0.25, 0.3) is 0 Å². The summed E-state index contributed by atoms with van der Waals surface area (Å²) in [7, 11) is 2.04. The SMILES string of the molecule is CCC(C(=O)NC1CCCCC1)N(C)CCc1cn[nH]c1. The summed E-state index contributed by atoms with van der Waals surface area (Å²) in [6.45, 7) is 2.95. The van der Waals surface area contributed by atoms with Gasteiger partial charge >= 0.3 is 0 Å². The number of H-pyrrole nitrogens is 1. The van der Waals surface area contributed by atoms with E-state index in [0.29, 0.717) is 6.04 Å². The standard InChI is InChI=1S/C16H28N4O/c1-3-15(16(21)19-14-7-5-4-6-8-14)20(2)10-9-13-11-17-18-12-13/h11-12,14-15H,3-10H2,1-2H3,(H,17,18)(H,19,21). The highest BCUT2D eigenvalue weighted by molar-refractivity contribution is 5.81. The molecule has 2 N–H and O–H groups in total. The Morgan fingerprint density at radius 3 is 2.86 bits per heavy atom. The second kappa shape index (κ2) is 8.17. The molecule has 0 aliphatic heterocycles. The van der Waals surface area contributed by atoms with Crippen LogP contribution in [-0.4, -0.2) is 46.7 Å². The Morgan fingerprint density at radius 2 is 2.24 bits per heavy atom. The molecule has 0 spiro atoms. The topological polar surface area (TPSA) is 61.0 Å². The Morgan fingerprint density at radius 1 is 1.48 bits per heavy atom. The Hall–Kier alpha value is -1.36. The van der Waals surface area contributed by atoms with Crippen molar-refractivity contribution in [3.05, 3.63) is 18.0 Å². The third kappa shape index (κ3) is 4.84. The van der Waals surface area contributed by atoms with Crippen LogP contribution < -0.4 is 5.32 Å². The molecule has 118 valence electrons. The number of hydrogen-bond donors (Lipinski definition) is 2. The van der Waals surface area contributed by atoms with Gasteiger partial charge in [-0.25, -0.2) is 0 Å². The van der Waals surface area contributed by atoms with E-state index in [9.17, 15) is 4.79 Å². The molecule has 0 aromatic carbocycles. The summed E-state index contributed by atoms with van der Waals surface area (Å²) in [4.78, 5) is 14.6. The molecule has 21 heavy (non-hydrogen) atoms. The van der Waals surface area contributed by atoms with E-state index in [1.807, 2.05) is 19.4 Å². The summed E-state index contributed by atoms with van der Waals surface area (Å²) >= 11 is 0. The van der Waals surface area contributed by atoms with Crippen molar-refractivity contribution in [1.29, 1.82) is 0 Å². The van der Waals surface area contributed by atoms with Crippen molar-refractivity contribution in [2.45, 2.75) is 64.0 Å². The number of aromatic nitrogens is 2. The molecule has 1 aromatic heterocycles. The number of amides is 1. The smallest absolute Gasteiger partial charge is 0.237 e. The van der Waals surface area contributed by atoms with Gasteiger partial charge in [-0.3, -0.25) is 14.8 Å². The molecule has 5 heteroatoms. The van der Waals surface area contributed by atoms with E-state index >= 15 is 0 Å². The van der Waals surface area contributed by atoms with Crippen LogP contribution in [0, 0.1) is 0 Å². The number of carbonyl (C=O) groups excluding carboxylic acids is 1. The van der Waals surface area contributed by atoms with Gasteiger partial charge in [0.15, 0.2) is 0 Å². The Balaban J connectivity index is 1.80. The summed E-state index contributed by atoms with van der Waals surface area (Å²) in [5.41, 5.74) is 1.18. The van der Waals surface area contributed by atoms with Gasteiger partial charge in [-0.15, -0.1) is 0 Å². The minimum Gasteiger partial charge on any atom is -0.352 e. The number of nitrogens with zero attached hydrogens (tertiary/aromatic N) is 2. The zero-order chi connectivity index (χ0) is 15.1. The Labute approximate surface area is 127 Å². The molecule has 0 radical (unpaired) electrons. The number of rotatable bonds is 7. The van der Waals surface area contributed by atoms with Gasteiger partial charge in [0.1, 0.15) is 0 Å². The van der Waals surface area contributed by atoms with Gasteiger partial charge in [-0.1, -0.05) is 26.2 Å². The molecule has 5 nitrogen and oxygen atoms in total. The van der Waals surface area contributed by atoms with E-state index in [1.165, 1.54) is 24.8 Å². The lowest BCUT2D eigenvalue weighted by atomic mass is 9.95. The van der Waals surface area contributed by atoms with Crippen molar-refractivity contribution in [3.8, 4) is 0 Å². The van der Waals surface area contributed by atoms with Gasteiger partial charge in [0.05, 0.1) is 12.2 Å². The van der Waals surface area contributed by atoms with Crippen molar-refractivity contribution >= 4 is 5.91 Å². The highest BCUT2D eigenvalue weighted by atomic mass is 16.2. The first-order valence-corrected chi connectivity index (χ1v) is 8.19. The minimum absolute atomic E-state index is 0.0289. The highest BCUT2D eigenvalue weighted by Crippen LogP contribution is 2.18. The predicted octanol–water partition coefficient (Wildman–Crippen LogP) is 2.11. The molecule has 1 saturated carbocycles. The van der Waals surface area contributed by atoms with Crippen LogP contribution in [0.4, 0.5) is 0 Å². The zero-order valence-electron chi connectivity index (χ0n) is 13.3.